The molecule has 38 heavy (non-hydrogen) atoms. The fourth-order valence-corrected chi connectivity index (χ4v) is 3.39. The fraction of sp³-hybridized carbons (Fsp3) is 0.310. The van der Waals surface area contributed by atoms with Crippen LogP contribution < -0.4 is 10.6 Å². The molecule has 0 radical (unpaired) electrons. The molecule has 0 spiro atoms. The Morgan fingerprint density at radius 1 is 0.974 bits per heavy atom. The summed E-state index contributed by atoms with van der Waals surface area (Å²) in [4.78, 5) is 47.9. The average molecular weight is 523 g/mol. The number of nitrogens with one attached hydrogen (secondary N) is 2. The van der Waals surface area contributed by atoms with E-state index >= 15 is 0 Å². The Morgan fingerprint density at radius 2 is 1.58 bits per heavy atom. The van der Waals surface area contributed by atoms with Crippen molar-refractivity contribution in [3.63, 3.8) is 0 Å². The second kappa shape index (κ2) is 14.6. The quantitative estimate of drug-likeness (QED) is 0.207. The molecule has 0 aromatic rings. The lowest BCUT2D eigenvalue weighted by molar-refractivity contribution is -0.124. The topological polar surface area (TPSA) is 153 Å². The van der Waals surface area contributed by atoms with E-state index in [4.69, 9.17) is 0 Å². The van der Waals surface area contributed by atoms with Crippen molar-refractivity contribution in [2.75, 3.05) is 0 Å². The third-order valence-electron chi connectivity index (χ3n) is 5.86. The number of ketones is 2. The van der Waals surface area contributed by atoms with Crippen LogP contribution in [0, 0.1) is 5.92 Å². The molecule has 9 nitrogen and oxygen atoms in total. The monoisotopic (exact) mass is 522 g/mol. The van der Waals surface area contributed by atoms with E-state index in [1.165, 1.54) is 42.5 Å². The average Bonchev–Trinajstić information content (AvgIpc) is 3.18. The van der Waals surface area contributed by atoms with Crippen molar-refractivity contribution < 1.29 is 34.5 Å². The maximum atomic E-state index is 12.3. The summed E-state index contributed by atoms with van der Waals surface area (Å²) in [6, 6.07) is 0. The van der Waals surface area contributed by atoms with Crippen LogP contribution in [0.5, 0.6) is 0 Å². The predicted molar refractivity (Wildman–Crippen MR) is 143 cm³/mol. The number of allylic oxidation sites excluding steroid dienone is 12. The minimum Gasteiger partial charge on any atom is -0.510 e. The fourth-order valence-electron chi connectivity index (χ4n) is 3.39. The highest BCUT2D eigenvalue weighted by Gasteiger charge is 2.38. The maximum absolute atomic E-state index is 12.3. The highest BCUT2D eigenvalue weighted by molar-refractivity contribution is 6.03. The first-order valence-corrected chi connectivity index (χ1v) is 12.3. The van der Waals surface area contributed by atoms with Crippen molar-refractivity contribution in [2.45, 2.75) is 51.2 Å². The molecule has 1 unspecified atom stereocenters. The molecule has 0 heterocycles. The highest BCUT2D eigenvalue weighted by atomic mass is 16.3. The lowest BCUT2D eigenvalue weighted by Crippen LogP contribution is -2.46. The van der Waals surface area contributed by atoms with Gasteiger partial charge in [-0.25, -0.2) is 0 Å². The molecule has 0 fully saturated rings. The van der Waals surface area contributed by atoms with Crippen LogP contribution in [0.1, 0.15) is 39.5 Å². The number of Topliss-reactive ketones (excluding diaryl/α,β-unsaturated/α-hetero) is 2. The minimum absolute atomic E-state index is 0.0950. The van der Waals surface area contributed by atoms with Gasteiger partial charge < -0.3 is 26.0 Å². The summed E-state index contributed by atoms with van der Waals surface area (Å²) in [6.07, 6.45) is 19.0. The van der Waals surface area contributed by atoms with E-state index in [9.17, 15) is 34.5 Å². The van der Waals surface area contributed by atoms with Gasteiger partial charge >= 0.3 is 0 Å². The van der Waals surface area contributed by atoms with Crippen molar-refractivity contribution in [3.8, 4) is 0 Å². The Labute approximate surface area is 222 Å². The van der Waals surface area contributed by atoms with Crippen LogP contribution in [0.4, 0.5) is 0 Å². The van der Waals surface area contributed by atoms with Crippen LogP contribution in [0.2, 0.25) is 0 Å². The predicted octanol–water partition coefficient (Wildman–Crippen LogP) is 2.68. The zero-order chi connectivity index (χ0) is 28.1. The largest absolute Gasteiger partial charge is 0.510 e. The van der Waals surface area contributed by atoms with Gasteiger partial charge in [0.2, 0.25) is 11.8 Å². The maximum Gasteiger partial charge on any atom is 0.248 e. The molecule has 2 aliphatic carbocycles. The molecule has 3 atom stereocenters. The van der Waals surface area contributed by atoms with Gasteiger partial charge in [-0.3, -0.25) is 19.2 Å². The van der Waals surface area contributed by atoms with Gasteiger partial charge in [-0.15, -0.1) is 0 Å². The van der Waals surface area contributed by atoms with Gasteiger partial charge in [-0.2, -0.15) is 0 Å². The van der Waals surface area contributed by atoms with Crippen molar-refractivity contribution in [1.29, 1.82) is 0 Å². The molecular weight excluding hydrogens is 488 g/mol. The van der Waals surface area contributed by atoms with Crippen molar-refractivity contribution >= 4 is 23.4 Å². The van der Waals surface area contributed by atoms with Crippen LogP contribution in [0.25, 0.3) is 0 Å². The Hall–Kier alpha value is -4.08. The standard InChI is InChI=1S/C29H34N2O7/c1-3-20(2)12-8-4-5-9-13-26(36)30-21-19-29(38,25(35)18-24(21)34)17-11-7-6-10-14-27(37)31-28-22(32)15-16-23(28)33/h4-14,17,19-20,25,32,35,38H,3,15-16,18H2,1-2H3,(H,30,36)(H,31,37)/b5-4+,7-6+,12-8+,13-9+,14-10+,17-11+/t20?,25-,29+/m1/s1. The minimum atomic E-state index is -1.90. The van der Waals surface area contributed by atoms with E-state index in [0.717, 1.165) is 18.6 Å². The molecular formula is C29H34N2O7. The van der Waals surface area contributed by atoms with Crippen molar-refractivity contribution in [1.82, 2.24) is 10.6 Å². The van der Waals surface area contributed by atoms with Crippen LogP contribution in [-0.4, -0.2) is 50.4 Å². The number of hydrogen-bond acceptors (Lipinski definition) is 7. The summed E-state index contributed by atoms with van der Waals surface area (Å²) < 4.78 is 0. The molecule has 5 N–H and O–H groups in total. The molecule has 2 amide bonds. The Balaban J connectivity index is 1.95. The number of carbonyl (C=O) groups excluding carboxylic acids is 4. The van der Waals surface area contributed by atoms with Gasteiger partial charge in [0.15, 0.2) is 11.6 Å². The molecule has 0 saturated carbocycles. The second-order valence-corrected chi connectivity index (χ2v) is 8.93. The lowest BCUT2D eigenvalue weighted by Gasteiger charge is -2.31. The number of aliphatic hydroxyl groups excluding tert-OH is 2. The van der Waals surface area contributed by atoms with E-state index in [1.54, 1.807) is 12.2 Å². The smallest absolute Gasteiger partial charge is 0.248 e. The van der Waals surface area contributed by atoms with Crippen LogP contribution >= 0.6 is 0 Å². The number of carbonyl (C=O) groups is 4. The van der Waals surface area contributed by atoms with E-state index in [-0.39, 0.29) is 42.2 Å². The van der Waals surface area contributed by atoms with Gasteiger partial charge in [-0.05, 0) is 18.1 Å². The van der Waals surface area contributed by atoms with Crippen LogP contribution in [-0.2, 0) is 19.2 Å². The summed E-state index contributed by atoms with van der Waals surface area (Å²) in [6.45, 7) is 4.19. The first-order valence-electron chi connectivity index (χ1n) is 12.3. The normalized spacial score (nSPS) is 23.7. The summed E-state index contributed by atoms with van der Waals surface area (Å²) in [5.41, 5.74) is -2.13. The zero-order valence-electron chi connectivity index (χ0n) is 21.5. The summed E-state index contributed by atoms with van der Waals surface area (Å²) in [5.74, 6) is -1.69. The van der Waals surface area contributed by atoms with Gasteiger partial charge in [0.05, 0.1) is 11.8 Å². The van der Waals surface area contributed by atoms with E-state index < -0.39 is 29.3 Å². The first kappa shape index (κ1) is 30.1. The third-order valence-corrected chi connectivity index (χ3v) is 5.86. The molecule has 0 aliphatic heterocycles. The zero-order valence-corrected chi connectivity index (χ0v) is 21.5. The highest BCUT2D eigenvalue weighted by Crippen LogP contribution is 2.25. The Bertz CT molecular complexity index is 1170. The lowest BCUT2D eigenvalue weighted by atomic mass is 9.85. The molecule has 0 aromatic carbocycles. The summed E-state index contributed by atoms with van der Waals surface area (Å²) >= 11 is 0. The molecule has 0 aromatic heterocycles. The van der Waals surface area contributed by atoms with Gasteiger partial charge in [-0.1, -0.05) is 75.0 Å². The number of hydrogen-bond donors (Lipinski definition) is 5. The summed E-state index contributed by atoms with van der Waals surface area (Å²) in [5, 5.41) is 35.4. The SMILES string of the molecule is CCC(C)/C=C/C=C/C=C/C(=O)NC1=C[C@@](O)(/C=C/C=C/C=C/C(=O)NC2=C(O)CCC2=O)[C@H](O)CC1=O. The Morgan fingerprint density at radius 3 is 2.18 bits per heavy atom. The van der Waals surface area contributed by atoms with Gasteiger partial charge in [0.25, 0.3) is 0 Å². The molecule has 0 saturated heterocycles. The van der Waals surface area contributed by atoms with E-state index in [2.05, 4.69) is 24.5 Å². The van der Waals surface area contributed by atoms with Gasteiger partial charge in [0.1, 0.15) is 17.1 Å². The molecule has 9 heteroatoms. The Kier molecular flexibility index (Phi) is 11.6. The van der Waals surface area contributed by atoms with Crippen LogP contribution in [0.15, 0.2) is 96.1 Å². The van der Waals surface area contributed by atoms with Crippen molar-refractivity contribution in [3.05, 3.63) is 96.1 Å². The van der Waals surface area contributed by atoms with Gasteiger partial charge in [0, 0.05) is 31.4 Å². The molecule has 202 valence electrons. The number of aliphatic hydroxyl groups is 3. The summed E-state index contributed by atoms with van der Waals surface area (Å²) in [7, 11) is 0. The first-order chi connectivity index (χ1) is 18.1. The third kappa shape index (κ3) is 9.42. The number of amides is 2. The van der Waals surface area contributed by atoms with E-state index in [1.807, 2.05) is 12.2 Å². The van der Waals surface area contributed by atoms with E-state index in [0.29, 0.717) is 5.92 Å². The van der Waals surface area contributed by atoms with Crippen molar-refractivity contribution in [2.24, 2.45) is 5.92 Å². The molecule has 0 bridgehead atoms. The molecule has 2 rings (SSSR count). The molecule has 2 aliphatic rings. The second-order valence-electron chi connectivity index (χ2n) is 8.93. The van der Waals surface area contributed by atoms with Crippen LogP contribution in [0.3, 0.4) is 0 Å². The number of rotatable bonds is 11.